The number of carbonyl (C=O) groups excluding carboxylic acids is 1. The first-order chi connectivity index (χ1) is 9.65. The standard InChI is InChI=1S/C13H11NO7/c1-5(2)10(15)14-9-4-7(12(18)19)6(11(16)17)3-8(9)13(20)21/h3-4H,1H2,2H3,(H,14,15)(H,16,17)(H,18,19)(H,20,21). The predicted octanol–water partition coefficient (Wildman–Crippen LogP) is 1.30. The third-order valence-electron chi connectivity index (χ3n) is 2.48. The van der Waals surface area contributed by atoms with E-state index < -0.39 is 40.5 Å². The largest absolute Gasteiger partial charge is 0.478 e. The van der Waals surface area contributed by atoms with Gasteiger partial charge in [0.25, 0.3) is 5.91 Å². The van der Waals surface area contributed by atoms with E-state index in [0.717, 1.165) is 6.07 Å². The lowest BCUT2D eigenvalue weighted by atomic mass is 10.0. The minimum Gasteiger partial charge on any atom is -0.478 e. The van der Waals surface area contributed by atoms with Crippen LogP contribution < -0.4 is 5.32 Å². The summed E-state index contributed by atoms with van der Waals surface area (Å²) in [7, 11) is 0. The van der Waals surface area contributed by atoms with Gasteiger partial charge < -0.3 is 20.6 Å². The van der Waals surface area contributed by atoms with E-state index in [-0.39, 0.29) is 11.3 Å². The Hall–Kier alpha value is -3.16. The van der Waals surface area contributed by atoms with Crippen LogP contribution in [0.4, 0.5) is 5.69 Å². The zero-order chi connectivity index (χ0) is 16.3. The van der Waals surface area contributed by atoms with E-state index in [1.807, 2.05) is 0 Å². The van der Waals surface area contributed by atoms with Gasteiger partial charge in [-0.05, 0) is 19.1 Å². The maximum absolute atomic E-state index is 11.5. The monoisotopic (exact) mass is 293 g/mol. The van der Waals surface area contributed by atoms with Gasteiger partial charge in [-0.3, -0.25) is 4.79 Å². The van der Waals surface area contributed by atoms with Crippen molar-refractivity contribution in [1.29, 1.82) is 0 Å². The fourth-order valence-corrected chi connectivity index (χ4v) is 1.46. The molecule has 1 amide bonds. The lowest BCUT2D eigenvalue weighted by Gasteiger charge is -2.11. The summed E-state index contributed by atoms with van der Waals surface area (Å²) in [4.78, 5) is 44.7. The molecule has 0 unspecified atom stereocenters. The zero-order valence-corrected chi connectivity index (χ0v) is 10.8. The summed E-state index contributed by atoms with van der Waals surface area (Å²) in [6.07, 6.45) is 0. The van der Waals surface area contributed by atoms with Gasteiger partial charge in [-0.2, -0.15) is 0 Å². The lowest BCUT2D eigenvalue weighted by molar-refractivity contribution is -0.112. The van der Waals surface area contributed by atoms with E-state index in [2.05, 4.69) is 11.9 Å². The Morgan fingerprint density at radius 2 is 1.33 bits per heavy atom. The highest BCUT2D eigenvalue weighted by Crippen LogP contribution is 2.23. The number of hydrogen-bond donors (Lipinski definition) is 4. The number of nitrogens with one attached hydrogen (secondary N) is 1. The van der Waals surface area contributed by atoms with E-state index >= 15 is 0 Å². The highest BCUT2D eigenvalue weighted by molar-refractivity contribution is 6.10. The molecule has 21 heavy (non-hydrogen) atoms. The molecule has 0 heterocycles. The number of anilines is 1. The zero-order valence-electron chi connectivity index (χ0n) is 10.8. The number of benzene rings is 1. The molecule has 0 saturated heterocycles. The number of amides is 1. The van der Waals surface area contributed by atoms with Crippen molar-refractivity contribution in [2.24, 2.45) is 0 Å². The minimum absolute atomic E-state index is 0.0746. The van der Waals surface area contributed by atoms with Gasteiger partial charge in [0.15, 0.2) is 0 Å². The van der Waals surface area contributed by atoms with Crippen LogP contribution in [0.5, 0.6) is 0 Å². The summed E-state index contributed by atoms with van der Waals surface area (Å²) in [6.45, 7) is 4.73. The van der Waals surface area contributed by atoms with Crippen molar-refractivity contribution in [3.8, 4) is 0 Å². The van der Waals surface area contributed by atoms with Gasteiger partial charge in [-0.1, -0.05) is 6.58 Å². The fraction of sp³-hybridized carbons (Fsp3) is 0.0769. The Kier molecular flexibility index (Phi) is 4.44. The smallest absolute Gasteiger partial charge is 0.337 e. The molecule has 1 aromatic carbocycles. The molecule has 0 aromatic heterocycles. The second-order valence-electron chi connectivity index (χ2n) is 4.09. The fourth-order valence-electron chi connectivity index (χ4n) is 1.46. The molecule has 0 saturated carbocycles. The van der Waals surface area contributed by atoms with Crippen LogP contribution in [0.25, 0.3) is 0 Å². The highest BCUT2D eigenvalue weighted by Gasteiger charge is 2.23. The normalized spacial score (nSPS) is 9.76. The number of carboxylic acids is 3. The number of hydrogen-bond acceptors (Lipinski definition) is 4. The van der Waals surface area contributed by atoms with Crippen molar-refractivity contribution in [2.45, 2.75) is 6.92 Å². The molecule has 0 atom stereocenters. The molecule has 1 aromatic rings. The molecule has 1 rings (SSSR count). The van der Waals surface area contributed by atoms with E-state index in [4.69, 9.17) is 15.3 Å². The summed E-state index contributed by atoms with van der Waals surface area (Å²) < 4.78 is 0. The second-order valence-corrected chi connectivity index (χ2v) is 4.09. The van der Waals surface area contributed by atoms with Crippen molar-refractivity contribution in [3.05, 3.63) is 41.0 Å². The van der Waals surface area contributed by atoms with Crippen molar-refractivity contribution < 1.29 is 34.5 Å². The molecule has 8 nitrogen and oxygen atoms in total. The Bertz CT molecular complexity index is 675. The molecule has 4 N–H and O–H groups in total. The van der Waals surface area contributed by atoms with Gasteiger partial charge in [-0.15, -0.1) is 0 Å². The Labute approximate surface area is 118 Å². The Balaban J connectivity index is 3.54. The van der Waals surface area contributed by atoms with Gasteiger partial charge in [0, 0.05) is 5.57 Å². The summed E-state index contributed by atoms with van der Waals surface area (Å²) in [5.74, 6) is -5.37. The van der Waals surface area contributed by atoms with Gasteiger partial charge in [-0.25, -0.2) is 14.4 Å². The van der Waals surface area contributed by atoms with Crippen LogP contribution in [0.1, 0.15) is 38.0 Å². The quantitative estimate of drug-likeness (QED) is 0.599. The molecule has 0 spiro atoms. The number of carboxylic acid groups (broad SMARTS) is 3. The Morgan fingerprint density at radius 3 is 1.71 bits per heavy atom. The molecule has 0 bridgehead atoms. The molecule has 0 aliphatic heterocycles. The van der Waals surface area contributed by atoms with E-state index in [0.29, 0.717) is 6.07 Å². The van der Waals surface area contributed by atoms with Crippen molar-refractivity contribution in [2.75, 3.05) is 5.32 Å². The first-order valence-electron chi connectivity index (χ1n) is 5.50. The minimum atomic E-state index is -1.59. The SMILES string of the molecule is C=C(C)C(=O)Nc1cc(C(=O)O)c(C(=O)O)cc1C(=O)O. The Morgan fingerprint density at radius 1 is 0.905 bits per heavy atom. The van der Waals surface area contributed by atoms with Crippen LogP contribution in [0.3, 0.4) is 0 Å². The predicted molar refractivity (Wildman–Crippen MR) is 70.8 cm³/mol. The first kappa shape index (κ1) is 15.9. The number of rotatable bonds is 5. The molecule has 0 fully saturated rings. The number of carbonyl (C=O) groups is 4. The van der Waals surface area contributed by atoms with Crippen LogP contribution in [-0.4, -0.2) is 39.1 Å². The van der Waals surface area contributed by atoms with Gasteiger partial charge in [0.05, 0.1) is 22.4 Å². The van der Waals surface area contributed by atoms with Crippen LogP contribution in [0.15, 0.2) is 24.3 Å². The van der Waals surface area contributed by atoms with E-state index in [9.17, 15) is 19.2 Å². The van der Waals surface area contributed by atoms with Gasteiger partial charge >= 0.3 is 17.9 Å². The van der Waals surface area contributed by atoms with Crippen LogP contribution >= 0.6 is 0 Å². The third-order valence-corrected chi connectivity index (χ3v) is 2.48. The van der Waals surface area contributed by atoms with Crippen molar-refractivity contribution in [3.63, 3.8) is 0 Å². The summed E-state index contributed by atoms with van der Waals surface area (Å²) >= 11 is 0. The van der Waals surface area contributed by atoms with Crippen LogP contribution in [-0.2, 0) is 4.79 Å². The highest BCUT2D eigenvalue weighted by atomic mass is 16.4. The average molecular weight is 293 g/mol. The second kappa shape index (κ2) is 5.87. The topological polar surface area (TPSA) is 141 Å². The lowest BCUT2D eigenvalue weighted by Crippen LogP contribution is -2.18. The molecular formula is C13H11NO7. The molecular weight excluding hydrogens is 282 g/mol. The summed E-state index contributed by atoms with van der Waals surface area (Å²) in [5, 5.41) is 29.1. The van der Waals surface area contributed by atoms with Crippen LogP contribution in [0.2, 0.25) is 0 Å². The summed E-state index contributed by atoms with van der Waals surface area (Å²) in [6, 6.07) is 1.47. The van der Waals surface area contributed by atoms with Crippen molar-refractivity contribution >= 4 is 29.5 Å². The average Bonchev–Trinajstić information content (AvgIpc) is 2.37. The maximum Gasteiger partial charge on any atom is 0.337 e. The number of aromatic carboxylic acids is 3. The van der Waals surface area contributed by atoms with Gasteiger partial charge in [0.1, 0.15) is 0 Å². The molecule has 8 heteroatoms. The van der Waals surface area contributed by atoms with E-state index in [1.54, 1.807) is 0 Å². The van der Waals surface area contributed by atoms with Crippen molar-refractivity contribution in [1.82, 2.24) is 0 Å². The molecule has 0 aliphatic carbocycles. The third kappa shape index (κ3) is 3.44. The molecule has 0 radical (unpaired) electrons. The summed E-state index contributed by atoms with van der Waals surface area (Å²) in [5.41, 5.74) is -2.10. The van der Waals surface area contributed by atoms with Gasteiger partial charge in [0.2, 0.25) is 0 Å². The first-order valence-corrected chi connectivity index (χ1v) is 5.50. The van der Waals surface area contributed by atoms with Crippen LogP contribution in [0, 0.1) is 0 Å². The molecule has 110 valence electrons. The van der Waals surface area contributed by atoms with E-state index in [1.165, 1.54) is 6.92 Å². The maximum atomic E-state index is 11.5. The molecule has 0 aliphatic rings.